The van der Waals surface area contributed by atoms with Crippen LogP contribution in [-0.2, 0) is 0 Å². The number of hydrogen-bond donors (Lipinski definition) is 2. The fourth-order valence-electron chi connectivity index (χ4n) is 1.53. The van der Waals surface area contributed by atoms with Crippen molar-refractivity contribution in [2.24, 2.45) is 4.99 Å². The second-order valence-electron chi connectivity index (χ2n) is 3.98. The van der Waals surface area contributed by atoms with Gasteiger partial charge in [0.25, 0.3) is 0 Å². The lowest BCUT2D eigenvalue weighted by Gasteiger charge is -2.18. The van der Waals surface area contributed by atoms with Gasteiger partial charge in [-0.25, -0.2) is 4.39 Å². The molecular formula is C13H21FIN3. The zero-order valence-electron chi connectivity index (χ0n) is 11.2. The van der Waals surface area contributed by atoms with Crippen molar-refractivity contribution >= 4 is 29.9 Å². The van der Waals surface area contributed by atoms with Crippen molar-refractivity contribution in [2.75, 3.05) is 13.6 Å². The van der Waals surface area contributed by atoms with Gasteiger partial charge in [-0.05, 0) is 38.0 Å². The quantitative estimate of drug-likeness (QED) is 0.491. The normalized spacial score (nSPS) is 12.6. The largest absolute Gasteiger partial charge is 0.357 e. The van der Waals surface area contributed by atoms with E-state index in [2.05, 4.69) is 15.6 Å². The third kappa shape index (κ3) is 4.80. The highest BCUT2D eigenvalue weighted by molar-refractivity contribution is 14.0. The highest BCUT2D eigenvalue weighted by atomic mass is 127. The summed E-state index contributed by atoms with van der Waals surface area (Å²) in [4.78, 5) is 4.08. The first-order valence-corrected chi connectivity index (χ1v) is 5.81. The van der Waals surface area contributed by atoms with Crippen molar-refractivity contribution in [2.45, 2.75) is 26.8 Å². The van der Waals surface area contributed by atoms with Crippen molar-refractivity contribution < 1.29 is 4.39 Å². The Balaban J connectivity index is 0.00000289. The van der Waals surface area contributed by atoms with Gasteiger partial charge in [0.1, 0.15) is 5.82 Å². The van der Waals surface area contributed by atoms with Crippen LogP contribution in [-0.4, -0.2) is 19.6 Å². The van der Waals surface area contributed by atoms with E-state index in [1.807, 2.05) is 19.9 Å². The Morgan fingerprint density at radius 3 is 2.61 bits per heavy atom. The summed E-state index contributed by atoms with van der Waals surface area (Å²) in [6.45, 7) is 6.54. The van der Waals surface area contributed by atoms with E-state index in [0.29, 0.717) is 5.56 Å². The van der Waals surface area contributed by atoms with E-state index < -0.39 is 0 Å². The predicted molar refractivity (Wildman–Crippen MR) is 85.1 cm³/mol. The summed E-state index contributed by atoms with van der Waals surface area (Å²) in [5.41, 5.74) is 1.57. The lowest BCUT2D eigenvalue weighted by molar-refractivity contribution is 0.608. The van der Waals surface area contributed by atoms with Crippen LogP contribution in [0, 0.1) is 12.7 Å². The minimum atomic E-state index is -0.172. The molecule has 0 spiro atoms. The maximum atomic E-state index is 13.4. The van der Waals surface area contributed by atoms with Gasteiger partial charge in [-0.15, -0.1) is 24.0 Å². The molecular weight excluding hydrogens is 344 g/mol. The molecule has 0 amide bonds. The zero-order valence-corrected chi connectivity index (χ0v) is 13.6. The number of nitrogens with one attached hydrogen (secondary N) is 2. The smallest absolute Gasteiger partial charge is 0.191 e. The van der Waals surface area contributed by atoms with Gasteiger partial charge in [0.05, 0.1) is 6.04 Å². The van der Waals surface area contributed by atoms with E-state index in [1.165, 1.54) is 0 Å². The first kappa shape index (κ1) is 17.2. The number of benzene rings is 1. The molecule has 0 heterocycles. The molecule has 0 aliphatic heterocycles. The lowest BCUT2D eigenvalue weighted by atomic mass is 10.1. The van der Waals surface area contributed by atoms with Gasteiger partial charge in [-0.2, -0.15) is 0 Å². The number of guanidine groups is 1. The molecule has 0 aromatic heterocycles. The monoisotopic (exact) mass is 365 g/mol. The number of aryl methyl sites for hydroxylation is 1. The second kappa shape index (κ2) is 8.29. The highest BCUT2D eigenvalue weighted by Crippen LogP contribution is 2.15. The Morgan fingerprint density at radius 2 is 2.11 bits per heavy atom. The molecule has 1 atom stereocenters. The van der Waals surface area contributed by atoms with Crippen molar-refractivity contribution in [3.05, 3.63) is 35.1 Å². The van der Waals surface area contributed by atoms with E-state index in [-0.39, 0.29) is 35.8 Å². The van der Waals surface area contributed by atoms with Crippen LogP contribution in [0.1, 0.15) is 31.0 Å². The molecule has 0 aliphatic carbocycles. The third-order valence-electron chi connectivity index (χ3n) is 2.62. The molecule has 1 aromatic rings. The first-order chi connectivity index (χ1) is 8.08. The molecule has 0 radical (unpaired) electrons. The standard InChI is InChI=1S/C13H20FN3.HI/c1-5-16-13(15-4)17-10(3)11-7-6-9(2)12(14)8-11;/h6-8,10H,5H2,1-4H3,(H2,15,16,17);1H. The Labute approximate surface area is 125 Å². The molecule has 0 saturated heterocycles. The maximum Gasteiger partial charge on any atom is 0.191 e. The summed E-state index contributed by atoms with van der Waals surface area (Å²) in [6, 6.07) is 5.29. The summed E-state index contributed by atoms with van der Waals surface area (Å²) in [6.07, 6.45) is 0. The van der Waals surface area contributed by atoms with Gasteiger partial charge in [-0.3, -0.25) is 4.99 Å². The molecule has 2 N–H and O–H groups in total. The Bertz CT molecular complexity index is 407. The third-order valence-corrected chi connectivity index (χ3v) is 2.62. The number of hydrogen-bond acceptors (Lipinski definition) is 1. The van der Waals surface area contributed by atoms with Gasteiger partial charge in [0.15, 0.2) is 5.96 Å². The molecule has 1 aromatic carbocycles. The molecule has 0 bridgehead atoms. The summed E-state index contributed by atoms with van der Waals surface area (Å²) >= 11 is 0. The maximum absolute atomic E-state index is 13.4. The fraction of sp³-hybridized carbons (Fsp3) is 0.462. The average molecular weight is 365 g/mol. The van der Waals surface area contributed by atoms with Crippen LogP contribution in [0.4, 0.5) is 4.39 Å². The predicted octanol–water partition coefficient (Wildman–Crippen LogP) is 3.00. The van der Waals surface area contributed by atoms with E-state index in [1.54, 1.807) is 26.1 Å². The van der Waals surface area contributed by atoms with Gasteiger partial charge >= 0.3 is 0 Å². The molecule has 1 rings (SSSR count). The average Bonchev–Trinajstić information content (AvgIpc) is 2.31. The molecule has 102 valence electrons. The molecule has 5 heteroatoms. The van der Waals surface area contributed by atoms with Crippen LogP contribution in [0.3, 0.4) is 0 Å². The number of rotatable bonds is 3. The van der Waals surface area contributed by atoms with E-state index >= 15 is 0 Å². The Morgan fingerprint density at radius 1 is 1.44 bits per heavy atom. The molecule has 0 fully saturated rings. The minimum absolute atomic E-state index is 0. The Hall–Kier alpha value is -0.850. The van der Waals surface area contributed by atoms with Crippen molar-refractivity contribution in [1.29, 1.82) is 0 Å². The molecule has 0 aliphatic rings. The summed E-state index contributed by atoms with van der Waals surface area (Å²) in [7, 11) is 1.72. The van der Waals surface area contributed by atoms with Gasteiger partial charge < -0.3 is 10.6 Å². The summed E-state index contributed by atoms with van der Waals surface area (Å²) in [5.74, 6) is 0.551. The molecule has 18 heavy (non-hydrogen) atoms. The van der Waals surface area contributed by atoms with Gasteiger partial charge in [-0.1, -0.05) is 12.1 Å². The SMILES string of the molecule is CCNC(=NC)NC(C)c1ccc(C)c(F)c1.I. The van der Waals surface area contributed by atoms with E-state index in [0.717, 1.165) is 18.1 Å². The van der Waals surface area contributed by atoms with Crippen LogP contribution in [0.5, 0.6) is 0 Å². The highest BCUT2D eigenvalue weighted by Gasteiger charge is 2.08. The fourth-order valence-corrected chi connectivity index (χ4v) is 1.53. The van der Waals surface area contributed by atoms with Crippen LogP contribution in [0.2, 0.25) is 0 Å². The molecule has 0 saturated carbocycles. The first-order valence-electron chi connectivity index (χ1n) is 5.81. The molecule has 3 nitrogen and oxygen atoms in total. The van der Waals surface area contributed by atoms with Gasteiger partial charge in [0.2, 0.25) is 0 Å². The minimum Gasteiger partial charge on any atom is -0.357 e. The zero-order chi connectivity index (χ0) is 12.8. The Kier molecular flexibility index (Phi) is 7.90. The van der Waals surface area contributed by atoms with Crippen LogP contribution >= 0.6 is 24.0 Å². The number of halogens is 2. The van der Waals surface area contributed by atoms with Crippen LogP contribution in [0.25, 0.3) is 0 Å². The van der Waals surface area contributed by atoms with E-state index in [9.17, 15) is 4.39 Å². The lowest BCUT2D eigenvalue weighted by Crippen LogP contribution is -2.38. The molecule has 1 unspecified atom stereocenters. The van der Waals surface area contributed by atoms with Gasteiger partial charge in [0, 0.05) is 13.6 Å². The summed E-state index contributed by atoms with van der Waals surface area (Å²) in [5, 5.41) is 6.31. The number of aliphatic imine (C=N–C) groups is 1. The second-order valence-corrected chi connectivity index (χ2v) is 3.98. The van der Waals surface area contributed by atoms with Crippen molar-refractivity contribution in [3.63, 3.8) is 0 Å². The summed E-state index contributed by atoms with van der Waals surface area (Å²) < 4.78 is 13.4. The van der Waals surface area contributed by atoms with E-state index in [4.69, 9.17) is 0 Å². The van der Waals surface area contributed by atoms with Crippen molar-refractivity contribution in [3.8, 4) is 0 Å². The van der Waals surface area contributed by atoms with Crippen molar-refractivity contribution in [1.82, 2.24) is 10.6 Å². The van der Waals surface area contributed by atoms with Crippen LogP contribution < -0.4 is 10.6 Å². The topological polar surface area (TPSA) is 36.4 Å². The van der Waals surface area contributed by atoms with Crippen LogP contribution in [0.15, 0.2) is 23.2 Å². The number of nitrogens with zero attached hydrogens (tertiary/aromatic N) is 1.